The molecule has 0 aliphatic rings. The molecule has 0 aliphatic heterocycles. The lowest BCUT2D eigenvalue weighted by molar-refractivity contribution is 0.101. The van der Waals surface area contributed by atoms with Crippen LogP contribution in [-0.2, 0) is 6.54 Å². The first-order valence-corrected chi connectivity index (χ1v) is 8.36. The number of benzene rings is 2. The molecule has 3 rings (SSSR count). The highest BCUT2D eigenvalue weighted by atomic mass is 16.5. The van der Waals surface area contributed by atoms with Crippen LogP contribution in [0.15, 0.2) is 48.5 Å². The molecule has 1 heterocycles. The van der Waals surface area contributed by atoms with Gasteiger partial charge in [0, 0.05) is 28.7 Å². The number of hydrogen-bond acceptors (Lipinski definition) is 2. The molecular formula is C21H23NO2. The topological polar surface area (TPSA) is 31.2 Å². The van der Waals surface area contributed by atoms with Crippen LogP contribution in [-0.4, -0.2) is 17.0 Å². The molecule has 0 saturated heterocycles. The van der Waals surface area contributed by atoms with Crippen LogP contribution in [0.1, 0.15) is 35.0 Å². The number of Topliss-reactive ketones (excluding diaryl/α,β-unsaturated/α-hetero) is 1. The van der Waals surface area contributed by atoms with Gasteiger partial charge in [0.05, 0.1) is 6.61 Å². The molecule has 0 N–H and O–H groups in total. The van der Waals surface area contributed by atoms with Crippen LogP contribution in [0.2, 0.25) is 0 Å². The van der Waals surface area contributed by atoms with Gasteiger partial charge in [0.2, 0.25) is 0 Å². The van der Waals surface area contributed by atoms with Gasteiger partial charge in [0.1, 0.15) is 5.75 Å². The number of para-hydroxylation sites is 1. The van der Waals surface area contributed by atoms with Crippen LogP contribution in [0, 0.1) is 13.8 Å². The third-order valence-electron chi connectivity index (χ3n) is 4.40. The molecule has 3 nitrogen and oxygen atoms in total. The summed E-state index contributed by atoms with van der Waals surface area (Å²) in [6, 6.07) is 16.2. The maximum Gasteiger partial charge on any atom is 0.162 e. The fourth-order valence-electron chi connectivity index (χ4n) is 3.21. The molecule has 0 spiro atoms. The predicted molar refractivity (Wildman–Crippen MR) is 98.0 cm³/mol. The van der Waals surface area contributed by atoms with E-state index in [1.54, 1.807) is 6.92 Å². The summed E-state index contributed by atoms with van der Waals surface area (Å²) in [6.45, 7) is 7.23. The monoisotopic (exact) mass is 321 g/mol. The Morgan fingerprint density at radius 1 is 1.04 bits per heavy atom. The van der Waals surface area contributed by atoms with Gasteiger partial charge in [-0.2, -0.15) is 0 Å². The zero-order chi connectivity index (χ0) is 17.1. The van der Waals surface area contributed by atoms with Gasteiger partial charge >= 0.3 is 0 Å². The highest BCUT2D eigenvalue weighted by molar-refractivity contribution is 6.08. The SMILES string of the molecule is CC(=O)c1c(C)n(CCCOc2ccc(C)cc2)c2ccccc12. The van der Waals surface area contributed by atoms with Crippen molar-refractivity contribution in [1.29, 1.82) is 0 Å². The maximum absolute atomic E-state index is 12.0. The molecule has 0 saturated carbocycles. The normalized spacial score (nSPS) is 11.0. The van der Waals surface area contributed by atoms with Gasteiger partial charge in [0.15, 0.2) is 5.78 Å². The molecule has 0 atom stereocenters. The first-order chi connectivity index (χ1) is 11.6. The van der Waals surface area contributed by atoms with Crippen LogP contribution in [0.25, 0.3) is 10.9 Å². The summed E-state index contributed by atoms with van der Waals surface area (Å²) in [6.07, 6.45) is 0.894. The van der Waals surface area contributed by atoms with E-state index >= 15 is 0 Å². The molecule has 2 aromatic carbocycles. The number of fused-ring (bicyclic) bond motifs is 1. The second kappa shape index (κ2) is 6.91. The van der Waals surface area contributed by atoms with Gasteiger partial charge in [-0.05, 0) is 45.4 Å². The van der Waals surface area contributed by atoms with Gasteiger partial charge in [-0.3, -0.25) is 4.79 Å². The lowest BCUT2D eigenvalue weighted by atomic mass is 10.1. The van der Waals surface area contributed by atoms with Gasteiger partial charge in [0.25, 0.3) is 0 Å². The Balaban J connectivity index is 1.72. The van der Waals surface area contributed by atoms with Crippen molar-refractivity contribution >= 4 is 16.7 Å². The van der Waals surface area contributed by atoms with E-state index in [2.05, 4.69) is 29.7 Å². The molecule has 1 aromatic heterocycles. The predicted octanol–water partition coefficient (Wildman–Crippen LogP) is 4.93. The van der Waals surface area contributed by atoms with Gasteiger partial charge in [-0.1, -0.05) is 35.9 Å². The van der Waals surface area contributed by atoms with Gasteiger partial charge in [-0.15, -0.1) is 0 Å². The standard InChI is InChI=1S/C21H23NO2/c1-15-9-11-18(12-10-15)24-14-6-13-22-16(2)21(17(3)23)19-7-4-5-8-20(19)22/h4-5,7-12H,6,13-14H2,1-3H3. The smallest absolute Gasteiger partial charge is 0.162 e. The highest BCUT2D eigenvalue weighted by Gasteiger charge is 2.16. The molecule has 0 unspecified atom stereocenters. The van der Waals surface area contributed by atoms with Crippen molar-refractivity contribution < 1.29 is 9.53 Å². The molecule has 0 aliphatic carbocycles. The Labute approximate surface area is 142 Å². The summed E-state index contributed by atoms with van der Waals surface area (Å²) in [7, 11) is 0. The maximum atomic E-state index is 12.0. The third-order valence-corrected chi connectivity index (χ3v) is 4.40. The number of aryl methyl sites for hydroxylation is 2. The summed E-state index contributed by atoms with van der Waals surface area (Å²) < 4.78 is 8.04. The van der Waals surface area contributed by atoms with Gasteiger partial charge < -0.3 is 9.30 Å². The zero-order valence-electron chi connectivity index (χ0n) is 14.5. The third kappa shape index (κ3) is 3.21. The molecule has 3 heteroatoms. The van der Waals surface area contributed by atoms with Crippen molar-refractivity contribution in [2.75, 3.05) is 6.61 Å². The van der Waals surface area contributed by atoms with Crippen LogP contribution in [0.5, 0.6) is 5.75 Å². The molecule has 0 amide bonds. The lowest BCUT2D eigenvalue weighted by Gasteiger charge is -2.10. The molecule has 0 radical (unpaired) electrons. The number of rotatable bonds is 6. The first-order valence-electron chi connectivity index (χ1n) is 8.36. The minimum Gasteiger partial charge on any atom is -0.494 e. The first kappa shape index (κ1) is 16.3. The fraction of sp³-hybridized carbons (Fsp3) is 0.286. The fourth-order valence-corrected chi connectivity index (χ4v) is 3.21. The molecular weight excluding hydrogens is 298 g/mol. The Morgan fingerprint density at radius 2 is 1.75 bits per heavy atom. The minimum atomic E-state index is 0.123. The van der Waals surface area contributed by atoms with E-state index in [0.29, 0.717) is 6.61 Å². The number of ether oxygens (including phenoxy) is 1. The van der Waals surface area contributed by atoms with E-state index in [0.717, 1.165) is 40.9 Å². The van der Waals surface area contributed by atoms with Crippen LogP contribution in [0.3, 0.4) is 0 Å². The van der Waals surface area contributed by atoms with E-state index in [1.807, 2.05) is 37.3 Å². The number of nitrogens with zero attached hydrogens (tertiary/aromatic N) is 1. The van der Waals surface area contributed by atoms with Crippen molar-refractivity contribution in [3.63, 3.8) is 0 Å². The Morgan fingerprint density at radius 3 is 2.46 bits per heavy atom. The van der Waals surface area contributed by atoms with Crippen molar-refractivity contribution in [2.45, 2.75) is 33.7 Å². The van der Waals surface area contributed by atoms with E-state index in [4.69, 9.17) is 4.74 Å². The molecule has 0 fully saturated rings. The zero-order valence-corrected chi connectivity index (χ0v) is 14.5. The quantitative estimate of drug-likeness (QED) is 0.476. The summed E-state index contributed by atoms with van der Waals surface area (Å²) in [4.78, 5) is 12.0. The van der Waals surface area contributed by atoms with Crippen LogP contribution >= 0.6 is 0 Å². The molecule has 24 heavy (non-hydrogen) atoms. The van der Waals surface area contributed by atoms with Crippen LogP contribution in [0.4, 0.5) is 0 Å². The Kier molecular flexibility index (Phi) is 4.70. The largest absolute Gasteiger partial charge is 0.494 e. The van der Waals surface area contributed by atoms with Crippen molar-refractivity contribution in [1.82, 2.24) is 4.57 Å². The summed E-state index contributed by atoms with van der Waals surface area (Å²) in [5.74, 6) is 1.03. The summed E-state index contributed by atoms with van der Waals surface area (Å²) >= 11 is 0. The van der Waals surface area contributed by atoms with Gasteiger partial charge in [-0.25, -0.2) is 0 Å². The number of carbonyl (C=O) groups excluding carboxylic acids is 1. The number of aromatic nitrogens is 1. The second-order valence-electron chi connectivity index (χ2n) is 6.20. The van der Waals surface area contributed by atoms with Crippen LogP contribution < -0.4 is 4.74 Å². The van der Waals surface area contributed by atoms with E-state index in [-0.39, 0.29) is 5.78 Å². The molecule has 0 bridgehead atoms. The Hall–Kier alpha value is -2.55. The number of hydrogen-bond donors (Lipinski definition) is 0. The minimum absolute atomic E-state index is 0.123. The van der Waals surface area contributed by atoms with E-state index in [1.165, 1.54) is 5.56 Å². The van der Waals surface area contributed by atoms with E-state index in [9.17, 15) is 4.79 Å². The average Bonchev–Trinajstić information content (AvgIpc) is 2.85. The van der Waals surface area contributed by atoms with Crippen molar-refractivity contribution in [2.24, 2.45) is 0 Å². The second-order valence-corrected chi connectivity index (χ2v) is 6.20. The molecule has 3 aromatic rings. The summed E-state index contributed by atoms with van der Waals surface area (Å²) in [5, 5.41) is 1.04. The number of ketones is 1. The van der Waals surface area contributed by atoms with Crippen molar-refractivity contribution in [3.8, 4) is 5.75 Å². The average molecular weight is 321 g/mol. The lowest BCUT2D eigenvalue weighted by Crippen LogP contribution is -2.06. The highest BCUT2D eigenvalue weighted by Crippen LogP contribution is 2.26. The Bertz CT molecular complexity index is 859. The number of carbonyl (C=O) groups is 1. The van der Waals surface area contributed by atoms with E-state index < -0.39 is 0 Å². The molecule has 124 valence electrons. The summed E-state index contributed by atoms with van der Waals surface area (Å²) in [5.41, 5.74) is 4.23. The van der Waals surface area contributed by atoms with Crippen molar-refractivity contribution in [3.05, 3.63) is 65.4 Å².